The number of halogens is 8. The first kappa shape index (κ1) is 26.0. The van der Waals surface area contributed by atoms with Crippen molar-refractivity contribution in [3.05, 3.63) is 64.4 Å². The van der Waals surface area contributed by atoms with E-state index in [2.05, 4.69) is 4.74 Å². The zero-order chi connectivity index (χ0) is 25.1. The molecule has 2 aromatic rings. The zero-order valence-corrected chi connectivity index (χ0v) is 18.0. The third-order valence-corrected chi connectivity index (χ3v) is 5.27. The molecule has 0 saturated carbocycles. The van der Waals surface area contributed by atoms with Gasteiger partial charge in [-0.1, -0.05) is 23.7 Å². The van der Waals surface area contributed by atoms with Crippen LogP contribution in [0.3, 0.4) is 0 Å². The highest BCUT2D eigenvalue weighted by molar-refractivity contribution is 6.30. The molecule has 1 heterocycles. The molecule has 5 nitrogen and oxygen atoms in total. The molecule has 13 heteroatoms. The molecule has 1 aliphatic rings. The number of alkyl halides is 6. The van der Waals surface area contributed by atoms with E-state index < -0.39 is 48.6 Å². The summed E-state index contributed by atoms with van der Waals surface area (Å²) in [5.74, 6) is -0.880. The van der Waals surface area contributed by atoms with Gasteiger partial charge in [0, 0.05) is 25.3 Å². The number of benzene rings is 2. The van der Waals surface area contributed by atoms with E-state index in [4.69, 9.17) is 16.3 Å². The Morgan fingerprint density at radius 1 is 1.15 bits per heavy atom. The maximum absolute atomic E-state index is 13.5. The van der Waals surface area contributed by atoms with Gasteiger partial charge in [0.15, 0.2) is 0 Å². The Morgan fingerprint density at radius 3 is 2.41 bits per heavy atom. The van der Waals surface area contributed by atoms with E-state index in [9.17, 15) is 35.5 Å². The van der Waals surface area contributed by atoms with E-state index in [0.29, 0.717) is 5.56 Å². The zero-order valence-electron chi connectivity index (χ0n) is 17.2. The second-order valence-electron chi connectivity index (χ2n) is 7.43. The average molecular weight is 515 g/mol. The third kappa shape index (κ3) is 6.97. The minimum Gasteiger partial charge on any atom is -0.435 e. The fourth-order valence-corrected chi connectivity index (χ4v) is 3.37. The van der Waals surface area contributed by atoms with Gasteiger partial charge in [-0.3, -0.25) is 10.2 Å². The van der Waals surface area contributed by atoms with Crippen LogP contribution < -0.4 is 5.32 Å². The normalized spacial score (nSPS) is 18.4. The van der Waals surface area contributed by atoms with Gasteiger partial charge in [0.2, 0.25) is 6.10 Å². The van der Waals surface area contributed by atoms with Gasteiger partial charge in [-0.25, -0.2) is 9.18 Å². The van der Waals surface area contributed by atoms with Gasteiger partial charge < -0.3 is 9.47 Å². The van der Waals surface area contributed by atoms with Gasteiger partial charge in [-0.05, 0) is 35.9 Å². The average Bonchev–Trinajstić information content (AvgIpc) is 2.75. The van der Waals surface area contributed by atoms with Crippen molar-refractivity contribution < 1.29 is 45.0 Å². The minimum atomic E-state index is -4.91. The molecule has 3 rings (SSSR count). The van der Waals surface area contributed by atoms with Gasteiger partial charge in [0.1, 0.15) is 5.82 Å². The molecule has 1 saturated heterocycles. The predicted molar refractivity (Wildman–Crippen MR) is 108 cm³/mol. The summed E-state index contributed by atoms with van der Waals surface area (Å²) >= 11 is 5.52. The van der Waals surface area contributed by atoms with E-state index in [-0.39, 0.29) is 30.4 Å². The second kappa shape index (κ2) is 10.4. The van der Waals surface area contributed by atoms with E-state index in [1.165, 1.54) is 23.1 Å². The number of hydrogen-bond donors (Lipinski definition) is 1. The van der Waals surface area contributed by atoms with Crippen molar-refractivity contribution in [2.45, 2.75) is 24.6 Å². The Hall–Kier alpha value is -2.57. The molecule has 1 amide bonds. The Balaban J connectivity index is 1.64. The van der Waals surface area contributed by atoms with Gasteiger partial charge in [-0.15, -0.1) is 0 Å². The van der Waals surface area contributed by atoms with Crippen LogP contribution in [-0.2, 0) is 15.7 Å². The van der Waals surface area contributed by atoms with Gasteiger partial charge in [0.25, 0.3) is 0 Å². The topological polar surface area (TPSA) is 50.8 Å². The van der Waals surface area contributed by atoms with Crippen molar-refractivity contribution in [2.75, 3.05) is 31.6 Å². The molecule has 2 aromatic carbocycles. The second-order valence-corrected chi connectivity index (χ2v) is 7.84. The minimum absolute atomic E-state index is 0.0204. The molecule has 0 unspecified atom stereocenters. The Labute approximate surface area is 194 Å². The first-order valence-corrected chi connectivity index (χ1v) is 10.2. The van der Waals surface area contributed by atoms with E-state index in [1.807, 2.05) is 5.32 Å². The molecule has 2 atom stereocenters. The lowest BCUT2D eigenvalue weighted by molar-refractivity contribution is -0.209. The number of morpholine rings is 1. The summed E-state index contributed by atoms with van der Waals surface area (Å²) in [6, 6.07) is 7.25. The van der Waals surface area contributed by atoms with Crippen LogP contribution in [0.4, 0.5) is 41.2 Å². The molecule has 0 aliphatic carbocycles. The van der Waals surface area contributed by atoms with Crippen LogP contribution in [0.1, 0.15) is 17.2 Å². The Bertz CT molecular complexity index is 999. The highest BCUT2D eigenvalue weighted by Gasteiger charge is 2.44. The van der Waals surface area contributed by atoms with E-state index in [0.717, 1.165) is 24.3 Å². The predicted octanol–water partition coefficient (Wildman–Crippen LogP) is 6.05. The van der Waals surface area contributed by atoms with Crippen LogP contribution in [0.5, 0.6) is 0 Å². The SMILES string of the molecule is O=C(Nc1ccc(Cl)c(F)c1)O[C@@H](CN1CCO[C@H](c2ccc(C(F)(F)F)cc2)C1)C(F)(F)F. The standard InChI is InChI=1S/C21H18ClF7N2O3/c22-15-6-5-14(9-16(15)23)30-19(32)34-18(21(27,28)29)11-31-7-8-33-17(10-31)12-1-3-13(4-2-12)20(24,25)26/h1-6,9,17-18H,7-8,10-11H2,(H,30,32)/t17-,18-/m0/s1. The number of hydrogen-bond acceptors (Lipinski definition) is 4. The largest absolute Gasteiger partial charge is 0.435 e. The molecule has 186 valence electrons. The highest BCUT2D eigenvalue weighted by atomic mass is 35.5. The van der Waals surface area contributed by atoms with Crippen LogP contribution in [0.25, 0.3) is 0 Å². The Morgan fingerprint density at radius 2 is 1.82 bits per heavy atom. The monoisotopic (exact) mass is 514 g/mol. The number of nitrogens with one attached hydrogen (secondary N) is 1. The maximum Gasteiger partial charge on any atom is 0.426 e. The van der Waals surface area contributed by atoms with E-state index >= 15 is 0 Å². The molecule has 1 aliphatic heterocycles. The van der Waals surface area contributed by atoms with Crippen LogP contribution in [0.2, 0.25) is 5.02 Å². The lowest BCUT2D eigenvalue weighted by Gasteiger charge is -2.35. The molecule has 1 fully saturated rings. The molecule has 1 N–H and O–H groups in total. The van der Waals surface area contributed by atoms with Crippen molar-refractivity contribution in [1.29, 1.82) is 0 Å². The van der Waals surface area contributed by atoms with Crippen molar-refractivity contribution in [1.82, 2.24) is 4.90 Å². The lowest BCUT2D eigenvalue weighted by atomic mass is 10.0. The van der Waals surface area contributed by atoms with Crippen molar-refractivity contribution in [3.8, 4) is 0 Å². The fourth-order valence-electron chi connectivity index (χ4n) is 3.25. The summed E-state index contributed by atoms with van der Waals surface area (Å²) < 4.78 is 102. The molecule has 0 bridgehead atoms. The summed E-state index contributed by atoms with van der Waals surface area (Å²) in [5, 5.41) is 1.77. The summed E-state index contributed by atoms with van der Waals surface area (Å²) in [5.41, 5.74) is -0.646. The highest BCUT2D eigenvalue weighted by Crippen LogP contribution is 2.32. The number of carbonyl (C=O) groups excluding carboxylic acids is 1. The number of carbonyl (C=O) groups is 1. The van der Waals surface area contributed by atoms with Crippen molar-refractivity contribution in [2.24, 2.45) is 0 Å². The maximum atomic E-state index is 13.5. The number of nitrogens with zero attached hydrogens (tertiary/aromatic N) is 1. The molecule has 0 spiro atoms. The quantitative estimate of drug-likeness (QED) is 0.494. The molecule has 0 radical (unpaired) electrons. The number of ether oxygens (including phenoxy) is 2. The molecule has 0 aromatic heterocycles. The Kier molecular flexibility index (Phi) is 7.94. The number of anilines is 1. The van der Waals surface area contributed by atoms with Crippen LogP contribution >= 0.6 is 11.6 Å². The van der Waals surface area contributed by atoms with Crippen molar-refractivity contribution in [3.63, 3.8) is 0 Å². The first-order valence-electron chi connectivity index (χ1n) is 9.83. The van der Waals surface area contributed by atoms with E-state index in [1.54, 1.807) is 0 Å². The summed E-state index contributed by atoms with van der Waals surface area (Å²) in [4.78, 5) is 13.3. The smallest absolute Gasteiger partial charge is 0.426 e. The molecular weight excluding hydrogens is 497 g/mol. The van der Waals surface area contributed by atoms with Crippen LogP contribution in [0.15, 0.2) is 42.5 Å². The molecule has 34 heavy (non-hydrogen) atoms. The molecular formula is C21H18ClF7N2O3. The number of amides is 1. The van der Waals surface area contributed by atoms with Crippen LogP contribution in [-0.4, -0.2) is 49.5 Å². The van der Waals surface area contributed by atoms with Crippen molar-refractivity contribution >= 4 is 23.4 Å². The first-order chi connectivity index (χ1) is 15.8. The lowest BCUT2D eigenvalue weighted by Crippen LogP contribution is -2.48. The van der Waals surface area contributed by atoms with Gasteiger partial charge in [0.05, 0.1) is 23.3 Å². The van der Waals surface area contributed by atoms with Gasteiger partial charge >= 0.3 is 18.4 Å². The summed E-state index contributed by atoms with van der Waals surface area (Å²) in [7, 11) is 0. The number of rotatable bonds is 5. The fraction of sp³-hybridized carbons (Fsp3) is 0.381. The van der Waals surface area contributed by atoms with Gasteiger partial charge in [-0.2, -0.15) is 26.3 Å². The summed E-state index contributed by atoms with van der Waals surface area (Å²) in [6.07, 6.45) is -14.2. The summed E-state index contributed by atoms with van der Waals surface area (Å²) in [6.45, 7) is -0.693. The van der Waals surface area contributed by atoms with Crippen LogP contribution in [0, 0.1) is 5.82 Å². The third-order valence-electron chi connectivity index (χ3n) is 4.96.